The Bertz CT molecular complexity index is 512. The number of rotatable bonds is 3. The molecule has 1 aliphatic rings. The minimum Gasteiger partial charge on any atom is -0.329 e. The third-order valence-electron chi connectivity index (χ3n) is 3.27. The molecule has 0 spiro atoms. The summed E-state index contributed by atoms with van der Waals surface area (Å²) in [7, 11) is -1.53. The summed E-state index contributed by atoms with van der Waals surface area (Å²) in [6.07, 6.45) is 1.36. The molecule has 0 radical (unpaired) electrons. The van der Waals surface area contributed by atoms with Crippen molar-refractivity contribution >= 4 is 10.0 Å². The van der Waals surface area contributed by atoms with Crippen LogP contribution >= 0.6 is 0 Å². The highest BCUT2D eigenvalue weighted by atomic mass is 32.2. The van der Waals surface area contributed by atoms with E-state index >= 15 is 0 Å². The van der Waals surface area contributed by atoms with E-state index in [-0.39, 0.29) is 10.9 Å². The molecule has 1 saturated heterocycles. The lowest BCUT2D eigenvalue weighted by Crippen LogP contribution is -2.56. The summed E-state index contributed by atoms with van der Waals surface area (Å²) < 4.78 is 26.6. The van der Waals surface area contributed by atoms with E-state index in [0.717, 1.165) is 0 Å². The normalized spacial score (nSPS) is 23.4. The molecule has 0 aromatic carbocycles. The fraction of sp³-hybridized carbons (Fsp3) is 0.700. The summed E-state index contributed by atoms with van der Waals surface area (Å²) in [6, 6.07) is -0.178. The Kier molecular flexibility index (Phi) is 3.71. The predicted molar refractivity (Wildman–Crippen MR) is 67.6 cm³/mol. The number of nitrogens with zero attached hydrogens (tertiary/aromatic N) is 3. The Balaban J connectivity index is 2.32. The van der Waals surface area contributed by atoms with Crippen LogP contribution < -0.4 is 5.73 Å². The Labute approximate surface area is 107 Å². The maximum atomic E-state index is 12.5. The molecule has 7 nitrogen and oxygen atoms in total. The number of nitrogens with one attached hydrogen (secondary N) is 1. The third kappa shape index (κ3) is 2.28. The van der Waals surface area contributed by atoms with E-state index in [1.54, 1.807) is 6.92 Å². The molecule has 1 unspecified atom stereocenters. The molecule has 102 valence electrons. The van der Waals surface area contributed by atoms with Gasteiger partial charge in [0.15, 0.2) is 0 Å². The smallest absolute Gasteiger partial charge is 0.246 e. The van der Waals surface area contributed by atoms with Crippen molar-refractivity contribution in [2.24, 2.45) is 5.73 Å². The number of aromatic amines is 1. The SMILES string of the molecule is Cc1[nH]ncc1S(=O)(=O)N1CCN(C)CC1CN. The first-order chi connectivity index (χ1) is 8.46. The summed E-state index contributed by atoms with van der Waals surface area (Å²) in [6.45, 7) is 3.86. The Hall–Kier alpha value is -0.960. The summed E-state index contributed by atoms with van der Waals surface area (Å²) >= 11 is 0. The number of sulfonamides is 1. The van der Waals surface area contributed by atoms with E-state index < -0.39 is 10.0 Å². The van der Waals surface area contributed by atoms with Gasteiger partial charge in [0.25, 0.3) is 0 Å². The molecule has 0 saturated carbocycles. The van der Waals surface area contributed by atoms with Crippen LogP contribution in [-0.2, 0) is 10.0 Å². The van der Waals surface area contributed by atoms with Crippen molar-refractivity contribution in [3.8, 4) is 0 Å². The minimum atomic E-state index is -3.50. The first kappa shape index (κ1) is 13.5. The lowest BCUT2D eigenvalue weighted by molar-refractivity contribution is 0.164. The molecule has 1 aliphatic heterocycles. The first-order valence-corrected chi connectivity index (χ1v) is 7.31. The fourth-order valence-electron chi connectivity index (χ4n) is 2.23. The highest BCUT2D eigenvalue weighted by Crippen LogP contribution is 2.21. The zero-order valence-corrected chi connectivity index (χ0v) is 11.4. The van der Waals surface area contributed by atoms with Crippen LogP contribution in [0.15, 0.2) is 11.1 Å². The van der Waals surface area contributed by atoms with Gasteiger partial charge in [0.05, 0.1) is 17.9 Å². The number of nitrogens with two attached hydrogens (primary N) is 1. The van der Waals surface area contributed by atoms with Crippen LogP contribution in [0.5, 0.6) is 0 Å². The number of hydrogen-bond acceptors (Lipinski definition) is 5. The highest BCUT2D eigenvalue weighted by Gasteiger charge is 2.35. The number of H-pyrrole nitrogens is 1. The molecule has 0 aliphatic carbocycles. The average Bonchev–Trinajstić information content (AvgIpc) is 2.75. The molecular formula is C10H19N5O2S. The summed E-state index contributed by atoms with van der Waals surface area (Å²) in [5.74, 6) is 0. The number of likely N-dealkylation sites (N-methyl/N-ethyl adjacent to an activating group) is 1. The second kappa shape index (κ2) is 4.96. The fourth-order valence-corrected chi connectivity index (χ4v) is 3.97. The quantitative estimate of drug-likeness (QED) is 0.735. The third-order valence-corrected chi connectivity index (χ3v) is 5.34. The van der Waals surface area contributed by atoms with Gasteiger partial charge in [-0.2, -0.15) is 9.40 Å². The van der Waals surface area contributed by atoms with Crippen molar-refractivity contribution in [2.45, 2.75) is 17.9 Å². The van der Waals surface area contributed by atoms with Gasteiger partial charge < -0.3 is 10.6 Å². The van der Waals surface area contributed by atoms with E-state index in [2.05, 4.69) is 15.1 Å². The van der Waals surface area contributed by atoms with Crippen molar-refractivity contribution in [3.05, 3.63) is 11.9 Å². The lowest BCUT2D eigenvalue weighted by atomic mass is 10.2. The van der Waals surface area contributed by atoms with Crippen molar-refractivity contribution in [3.63, 3.8) is 0 Å². The van der Waals surface area contributed by atoms with Gasteiger partial charge in [-0.25, -0.2) is 8.42 Å². The molecule has 0 bridgehead atoms. The van der Waals surface area contributed by atoms with Gasteiger partial charge >= 0.3 is 0 Å². The Morgan fingerprint density at radius 1 is 1.56 bits per heavy atom. The van der Waals surface area contributed by atoms with Gasteiger partial charge in [-0.05, 0) is 14.0 Å². The number of hydrogen-bond donors (Lipinski definition) is 2. The van der Waals surface area contributed by atoms with Crippen LogP contribution in [0, 0.1) is 6.92 Å². The van der Waals surface area contributed by atoms with Crippen molar-refractivity contribution < 1.29 is 8.42 Å². The molecule has 2 rings (SSSR count). The Morgan fingerprint density at radius 3 is 2.83 bits per heavy atom. The number of aromatic nitrogens is 2. The van der Waals surface area contributed by atoms with Crippen molar-refractivity contribution in [2.75, 3.05) is 33.2 Å². The Morgan fingerprint density at radius 2 is 2.28 bits per heavy atom. The predicted octanol–water partition coefficient (Wildman–Crippen LogP) is -1.02. The van der Waals surface area contributed by atoms with Gasteiger partial charge in [0.2, 0.25) is 10.0 Å². The van der Waals surface area contributed by atoms with Crippen LogP contribution in [0.2, 0.25) is 0 Å². The topological polar surface area (TPSA) is 95.3 Å². The average molecular weight is 273 g/mol. The van der Waals surface area contributed by atoms with E-state index in [1.807, 2.05) is 7.05 Å². The molecule has 18 heavy (non-hydrogen) atoms. The molecule has 0 amide bonds. The summed E-state index contributed by atoms with van der Waals surface area (Å²) in [4.78, 5) is 2.33. The first-order valence-electron chi connectivity index (χ1n) is 5.87. The molecule has 2 heterocycles. The maximum absolute atomic E-state index is 12.5. The van der Waals surface area contributed by atoms with Gasteiger partial charge in [-0.3, -0.25) is 5.10 Å². The molecule has 3 N–H and O–H groups in total. The van der Waals surface area contributed by atoms with Gasteiger partial charge in [-0.15, -0.1) is 0 Å². The molecule has 1 aromatic heterocycles. The molecule has 1 aromatic rings. The zero-order valence-electron chi connectivity index (χ0n) is 10.6. The van der Waals surface area contributed by atoms with Gasteiger partial charge in [0.1, 0.15) is 4.90 Å². The zero-order chi connectivity index (χ0) is 13.3. The van der Waals surface area contributed by atoms with Crippen molar-refractivity contribution in [1.29, 1.82) is 0 Å². The molecular weight excluding hydrogens is 254 g/mol. The van der Waals surface area contributed by atoms with Crippen LogP contribution in [-0.4, -0.2) is 67.1 Å². The second-order valence-corrected chi connectivity index (χ2v) is 6.49. The second-order valence-electron chi connectivity index (χ2n) is 4.63. The molecule has 8 heteroatoms. The van der Waals surface area contributed by atoms with Crippen LogP contribution in [0.1, 0.15) is 5.69 Å². The minimum absolute atomic E-state index is 0.178. The van der Waals surface area contributed by atoms with E-state index in [1.165, 1.54) is 10.5 Å². The lowest BCUT2D eigenvalue weighted by Gasteiger charge is -2.38. The summed E-state index contributed by atoms with van der Waals surface area (Å²) in [5, 5.41) is 6.43. The maximum Gasteiger partial charge on any atom is 0.246 e. The van der Waals surface area contributed by atoms with Gasteiger partial charge in [-0.1, -0.05) is 0 Å². The van der Waals surface area contributed by atoms with E-state index in [4.69, 9.17) is 5.73 Å². The number of aryl methyl sites for hydroxylation is 1. The van der Waals surface area contributed by atoms with E-state index in [0.29, 0.717) is 31.9 Å². The monoisotopic (exact) mass is 273 g/mol. The van der Waals surface area contributed by atoms with Crippen LogP contribution in [0.25, 0.3) is 0 Å². The van der Waals surface area contributed by atoms with Crippen LogP contribution in [0.4, 0.5) is 0 Å². The molecule has 1 atom stereocenters. The largest absolute Gasteiger partial charge is 0.329 e. The number of piperazine rings is 1. The standard InChI is InChI=1S/C10H19N5O2S/c1-8-10(6-12-13-8)18(16,17)15-4-3-14(2)7-9(15)5-11/h6,9H,3-5,7,11H2,1-2H3,(H,12,13). The highest BCUT2D eigenvalue weighted by molar-refractivity contribution is 7.89. The van der Waals surface area contributed by atoms with Crippen molar-refractivity contribution in [1.82, 2.24) is 19.4 Å². The van der Waals surface area contributed by atoms with Crippen LogP contribution in [0.3, 0.4) is 0 Å². The summed E-state index contributed by atoms with van der Waals surface area (Å²) in [5.41, 5.74) is 6.25. The van der Waals surface area contributed by atoms with E-state index in [9.17, 15) is 8.42 Å². The molecule has 1 fully saturated rings. The van der Waals surface area contributed by atoms with Gasteiger partial charge in [0, 0.05) is 26.2 Å².